The molecule has 1 heterocycles. The van der Waals surface area contributed by atoms with Gasteiger partial charge in [0.15, 0.2) is 0 Å². The first-order valence-corrected chi connectivity index (χ1v) is 3.27. The van der Waals surface area contributed by atoms with Crippen molar-refractivity contribution in [3.8, 4) is 0 Å². The second-order valence-electron chi connectivity index (χ2n) is 1.72. The zero-order valence-corrected chi connectivity index (χ0v) is 7.67. The quantitative estimate of drug-likeness (QED) is 0.663. The maximum atomic E-state index is 12.5. The third-order valence-corrected chi connectivity index (χ3v) is 1.43. The molecule has 0 N–H and O–H groups in total. The van der Waals surface area contributed by atoms with Gasteiger partial charge in [0.1, 0.15) is 5.82 Å². The topological polar surface area (TPSA) is 12.9 Å². The van der Waals surface area contributed by atoms with Crippen molar-refractivity contribution in [2.24, 2.45) is 0 Å². The highest BCUT2D eigenvalue weighted by Gasteiger charge is 1.96. The largest absolute Gasteiger partial charge is 0.257 e. The first kappa shape index (κ1) is 9.85. The Balaban J connectivity index is 0.000000810. The van der Waals surface area contributed by atoms with Gasteiger partial charge in [0.2, 0.25) is 0 Å². The van der Waals surface area contributed by atoms with Gasteiger partial charge in [-0.1, -0.05) is 0 Å². The van der Waals surface area contributed by atoms with Crippen molar-refractivity contribution >= 4 is 28.3 Å². The van der Waals surface area contributed by atoms with Crippen LogP contribution in [-0.4, -0.2) is 4.98 Å². The minimum absolute atomic E-state index is 0. The fraction of sp³-hybridized carbons (Fsp3) is 0.167. The predicted octanol–water partition coefficient (Wildman–Crippen LogP) is 2.71. The molecule has 0 saturated carbocycles. The predicted molar refractivity (Wildman–Crippen MR) is 43.9 cm³/mol. The van der Waals surface area contributed by atoms with Gasteiger partial charge in [-0.05, 0) is 28.9 Å². The molecule has 0 aromatic carbocycles. The molecule has 0 radical (unpaired) electrons. The molecular weight excluding hydrogens is 220 g/mol. The third-order valence-electron chi connectivity index (χ3n) is 0.992. The van der Waals surface area contributed by atoms with E-state index in [1.807, 2.05) is 0 Å². The number of aromatic nitrogens is 1. The van der Waals surface area contributed by atoms with Crippen LogP contribution in [0.1, 0.15) is 5.69 Å². The average molecular weight is 226 g/mol. The van der Waals surface area contributed by atoms with E-state index in [0.717, 1.165) is 0 Å². The Labute approximate surface area is 73.2 Å². The minimum Gasteiger partial charge on any atom is -0.257 e. The van der Waals surface area contributed by atoms with E-state index in [9.17, 15) is 4.39 Å². The van der Waals surface area contributed by atoms with E-state index in [4.69, 9.17) is 0 Å². The summed E-state index contributed by atoms with van der Waals surface area (Å²) in [6.07, 6.45) is 1.57. The number of rotatable bonds is 0. The average Bonchev–Trinajstić information content (AvgIpc) is 1.80. The van der Waals surface area contributed by atoms with Crippen LogP contribution in [0.4, 0.5) is 4.39 Å². The molecule has 56 valence electrons. The van der Waals surface area contributed by atoms with Crippen LogP contribution in [0, 0.1) is 12.7 Å². The molecule has 0 saturated heterocycles. The van der Waals surface area contributed by atoms with Gasteiger partial charge in [-0.3, -0.25) is 4.98 Å². The normalized spacial score (nSPS) is 8.70. The molecule has 0 bridgehead atoms. The van der Waals surface area contributed by atoms with Gasteiger partial charge < -0.3 is 0 Å². The van der Waals surface area contributed by atoms with E-state index in [-0.39, 0.29) is 18.2 Å². The van der Waals surface area contributed by atoms with Gasteiger partial charge >= 0.3 is 0 Å². The number of hydrogen-bond acceptors (Lipinski definition) is 1. The molecule has 1 nitrogen and oxygen atoms in total. The molecule has 4 heteroatoms. The zero-order chi connectivity index (χ0) is 6.85. The molecule has 1 aromatic rings. The van der Waals surface area contributed by atoms with E-state index < -0.39 is 0 Å². The third kappa shape index (κ3) is 2.23. The maximum Gasteiger partial charge on any atom is 0.145 e. The van der Waals surface area contributed by atoms with E-state index in [2.05, 4.69) is 20.9 Å². The first-order valence-electron chi connectivity index (χ1n) is 2.48. The van der Waals surface area contributed by atoms with Crippen molar-refractivity contribution in [1.29, 1.82) is 0 Å². The smallest absolute Gasteiger partial charge is 0.145 e. The highest BCUT2D eigenvalue weighted by Crippen LogP contribution is 2.10. The summed E-state index contributed by atoms with van der Waals surface area (Å²) in [5.74, 6) is -0.274. The van der Waals surface area contributed by atoms with E-state index >= 15 is 0 Å². The fourth-order valence-electron chi connectivity index (χ4n) is 0.483. The molecule has 0 aliphatic rings. The number of nitrogens with zero attached hydrogens (tertiary/aromatic N) is 1. The van der Waals surface area contributed by atoms with Crippen LogP contribution in [0.2, 0.25) is 0 Å². The van der Waals surface area contributed by atoms with Crippen LogP contribution >= 0.6 is 28.3 Å². The van der Waals surface area contributed by atoms with Crippen LogP contribution in [0.15, 0.2) is 16.7 Å². The Morgan fingerprint density at radius 2 is 2.20 bits per heavy atom. The number of halogens is 3. The van der Waals surface area contributed by atoms with Crippen molar-refractivity contribution in [3.63, 3.8) is 0 Å². The van der Waals surface area contributed by atoms with Crippen molar-refractivity contribution in [1.82, 2.24) is 4.98 Å². The molecule has 0 aliphatic heterocycles. The summed E-state index contributed by atoms with van der Waals surface area (Å²) in [6.45, 7) is 1.63. The highest BCUT2D eigenvalue weighted by atomic mass is 79.9. The van der Waals surface area contributed by atoms with Gasteiger partial charge in [-0.15, -0.1) is 12.4 Å². The second kappa shape index (κ2) is 3.88. The lowest BCUT2D eigenvalue weighted by molar-refractivity contribution is 0.608. The molecule has 0 fully saturated rings. The van der Waals surface area contributed by atoms with Crippen molar-refractivity contribution < 1.29 is 4.39 Å². The minimum atomic E-state index is -0.274. The molecule has 1 rings (SSSR count). The fourth-order valence-corrected chi connectivity index (χ4v) is 0.786. The summed E-state index contributed by atoms with van der Waals surface area (Å²) in [5, 5.41) is 0. The lowest BCUT2D eigenvalue weighted by Gasteiger charge is -1.92. The van der Waals surface area contributed by atoms with Gasteiger partial charge in [0.25, 0.3) is 0 Å². The Morgan fingerprint density at radius 3 is 2.60 bits per heavy atom. The highest BCUT2D eigenvalue weighted by molar-refractivity contribution is 9.10. The summed E-state index contributed by atoms with van der Waals surface area (Å²) in [7, 11) is 0. The van der Waals surface area contributed by atoms with Crippen LogP contribution in [-0.2, 0) is 0 Å². The summed E-state index contributed by atoms with van der Waals surface area (Å²) in [5.41, 5.74) is 0.429. The number of pyridine rings is 1. The SMILES string of the molecule is Cc1ncc(Br)cc1F.Cl. The first-order chi connectivity index (χ1) is 4.20. The molecule has 0 unspecified atom stereocenters. The Kier molecular flexibility index (Phi) is 3.83. The summed E-state index contributed by atoms with van der Waals surface area (Å²) < 4.78 is 13.2. The van der Waals surface area contributed by atoms with Gasteiger partial charge in [0, 0.05) is 10.7 Å². The molecule has 0 atom stereocenters. The standard InChI is InChI=1S/C6H5BrFN.ClH/c1-4-6(8)2-5(7)3-9-4;/h2-3H,1H3;1H. The van der Waals surface area contributed by atoms with E-state index in [1.165, 1.54) is 6.07 Å². The lowest BCUT2D eigenvalue weighted by atomic mass is 10.4. The molecule has 1 aromatic heterocycles. The summed E-state index contributed by atoms with van der Waals surface area (Å²) in [4.78, 5) is 3.76. The van der Waals surface area contributed by atoms with Crippen molar-refractivity contribution in [2.45, 2.75) is 6.92 Å². The lowest BCUT2D eigenvalue weighted by Crippen LogP contribution is -1.85. The van der Waals surface area contributed by atoms with E-state index in [0.29, 0.717) is 10.2 Å². The zero-order valence-electron chi connectivity index (χ0n) is 5.27. The van der Waals surface area contributed by atoms with Gasteiger partial charge in [-0.25, -0.2) is 4.39 Å². The van der Waals surface area contributed by atoms with Crippen LogP contribution < -0.4 is 0 Å². The summed E-state index contributed by atoms with van der Waals surface area (Å²) in [6, 6.07) is 1.39. The molecule has 0 spiro atoms. The Bertz CT molecular complexity index is 229. The maximum absolute atomic E-state index is 12.5. The molecule has 0 amide bonds. The molecular formula is C6H6BrClFN. The Morgan fingerprint density at radius 1 is 1.60 bits per heavy atom. The molecule has 10 heavy (non-hydrogen) atoms. The van der Waals surface area contributed by atoms with Crippen molar-refractivity contribution in [3.05, 3.63) is 28.2 Å². The van der Waals surface area contributed by atoms with Crippen LogP contribution in [0.5, 0.6) is 0 Å². The van der Waals surface area contributed by atoms with Gasteiger partial charge in [-0.2, -0.15) is 0 Å². The summed E-state index contributed by atoms with van der Waals surface area (Å²) >= 11 is 3.09. The van der Waals surface area contributed by atoms with Gasteiger partial charge in [0.05, 0.1) is 5.69 Å². The van der Waals surface area contributed by atoms with Crippen LogP contribution in [0.25, 0.3) is 0 Å². The van der Waals surface area contributed by atoms with Crippen molar-refractivity contribution in [2.75, 3.05) is 0 Å². The van der Waals surface area contributed by atoms with Crippen LogP contribution in [0.3, 0.4) is 0 Å². The monoisotopic (exact) mass is 225 g/mol. The molecule has 0 aliphatic carbocycles. The number of aryl methyl sites for hydroxylation is 1. The van der Waals surface area contributed by atoms with E-state index in [1.54, 1.807) is 13.1 Å². The second-order valence-corrected chi connectivity index (χ2v) is 2.64. The Hall–Kier alpha value is -0.150. The number of hydrogen-bond donors (Lipinski definition) is 0.